The van der Waals surface area contributed by atoms with Crippen molar-refractivity contribution in [1.82, 2.24) is 14.4 Å². The number of carbonyl (C=O) groups is 1. The van der Waals surface area contributed by atoms with E-state index in [0.29, 0.717) is 13.0 Å². The molecule has 0 spiro atoms. The van der Waals surface area contributed by atoms with Gasteiger partial charge in [-0.25, -0.2) is 0 Å². The maximum atomic E-state index is 12.5. The van der Waals surface area contributed by atoms with E-state index in [2.05, 4.69) is 11.9 Å². The Morgan fingerprint density at radius 3 is 2.74 bits per heavy atom. The van der Waals surface area contributed by atoms with E-state index in [1.54, 1.807) is 0 Å². The van der Waals surface area contributed by atoms with Crippen LogP contribution in [0, 0.1) is 6.92 Å². The number of hydrogen-bond acceptors (Lipinski definition) is 3. The fourth-order valence-electron chi connectivity index (χ4n) is 2.60. The minimum atomic E-state index is 0.106. The molecule has 1 atom stereocenters. The summed E-state index contributed by atoms with van der Waals surface area (Å²) in [6, 6.07) is 2.14. The third kappa shape index (κ3) is 2.82. The van der Waals surface area contributed by atoms with E-state index in [-0.39, 0.29) is 18.6 Å². The molecule has 2 heterocycles. The first-order valence-electron chi connectivity index (χ1n) is 6.77. The third-order valence-corrected chi connectivity index (χ3v) is 4.14. The average molecular weight is 265 g/mol. The van der Waals surface area contributed by atoms with Crippen molar-refractivity contribution in [2.24, 2.45) is 7.05 Å². The molecule has 0 bridgehead atoms. The lowest BCUT2D eigenvalue weighted by Crippen LogP contribution is -2.53. The minimum Gasteiger partial charge on any atom is -0.396 e. The zero-order chi connectivity index (χ0) is 14.0. The fraction of sp³-hybridized carbons (Fsp3) is 0.643. The Hall–Kier alpha value is -1.33. The Labute approximate surface area is 114 Å². The highest BCUT2D eigenvalue weighted by Crippen LogP contribution is 2.16. The van der Waals surface area contributed by atoms with Crippen molar-refractivity contribution in [2.75, 3.05) is 33.3 Å². The molecule has 0 saturated carbocycles. The van der Waals surface area contributed by atoms with Crippen LogP contribution in [0.25, 0.3) is 0 Å². The summed E-state index contributed by atoms with van der Waals surface area (Å²) in [5.74, 6) is 0.106. The van der Waals surface area contributed by atoms with Gasteiger partial charge in [0.2, 0.25) is 0 Å². The van der Waals surface area contributed by atoms with Gasteiger partial charge in [0.15, 0.2) is 0 Å². The van der Waals surface area contributed by atoms with Crippen molar-refractivity contribution in [1.29, 1.82) is 0 Å². The van der Waals surface area contributed by atoms with Crippen LogP contribution in [-0.2, 0) is 7.05 Å². The van der Waals surface area contributed by atoms with Crippen LogP contribution in [0.15, 0.2) is 12.3 Å². The number of nitrogens with zero attached hydrogens (tertiary/aromatic N) is 3. The van der Waals surface area contributed by atoms with Crippen molar-refractivity contribution >= 4 is 5.91 Å². The summed E-state index contributed by atoms with van der Waals surface area (Å²) in [4.78, 5) is 16.6. The van der Waals surface area contributed by atoms with Crippen LogP contribution in [0.2, 0.25) is 0 Å². The number of amides is 1. The van der Waals surface area contributed by atoms with Crippen LogP contribution < -0.4 is 0 Å². The van der Waals surface area contributed by atoms with Gasteiger partial charge in [-0.05, 0) is 26.5 Å². The van der Waals surface area contributed by atoms with Gasteiger partial charge in [-0.15, -0.1) is 0 Å². The van der Waals surface area contributed by atoms with Gasteiger partial charge in [0, 0.05) is 51.2 Å². The number of aromatic nitrogens is 1. The predicted octanol–water partition coefficient (Wildman–Crippen LogP) is 0.472. The number of likely N-dealkylation sites (N-methyl/N-ethyl adjacent to an activating group) is 1. The molecule has 19 heavy (non-hydrogen) atoms. The zero-order valence-electron chi connectivity index (χ0n) is 12.0. The molecule has 5 heteroatoms. The third-order valence-electron chi connectivity index (χ3n) is 4.14. The van der Waals surface area contributed by atoms with E-state index in [1.165, 1.54) is 0 Å². The summed E-state index contributed by atoms with van der Waals surface area (Å²) in [7, 11) is 4.00. The van der Waals surface area contributed by atoms with E-state index >= 15 is 0 Å². The fourth-order valence-corrected chi connectivity index (χ4v) is 2.60. The number of aliphatic hydroxyl groups is 1. The normalized spacial score (nSPS) is 20.8. The highest BCUT2D eigenvalue weighted by Gasteiger charge is 2.28. The van der Waals surface area contributed by atoms with Crippen LogP contribution in [0.3, 0.4) is 0 Å². The first-order valence-corrected chi connectivity index (χ1v) is 6.77. The molecule has 5 nitrogen and oxygen atoms in total. The lowest BCUT2D eigenvalue weighted by Gasteiger charge is -2.39. The van der Waals surface area contributed by atoms with Gasteiger partial charge in [-0.1, -0.05) is 0 Å². The van der Waals surface area contributed by atoms with E-state index in [1.807, 2.05) is 35.7 Å². The van der Waals surface area contributed by atoms with E-state index < -0.39 is 0 Å². The largest absolute Gasteiger partial charge is 0.396 e. The summed E-state index contributed by atoms with van der Waals surface area (Å²) in [5.41, 5.74) is 1.79. The van der Waals surface area contributed by atoms with Gasteiger partial charge in [-0.3, -0.25) is 9.69 Å². The maximum absolute atomic E-state index is 12.5. The van der Waals surface area contributed by atoms with Crippen LogP contribution in [0.5, 0.6) is 0 Å². The Bertz CT molecular complexity index is 456. The molecule has 1 aliphatic rings. The average Bonchev–Trinajstić information content (AvgIpc) is 2.72. The van der Waals surface area contributed by atoms with Gasteiger partial charge in [0.25, 0.3) is 5.91 Å². The molecule has 1 fully saturated rings. The molecule has 0 radical (unpaired) electrons. The molecule has 0 aromatic carbocycles. The van der Waals surface area contributed by atoms with Crippen LogP contribution in [0.4, 0.5) is 0 Å². The molecule has 2 rings (SSSR count). The minimum absolute atomic E-state index is 0.106. The smallest absolute Gasteiger partial charge is 0.255 e. The summed E-state index contributed by atoms with van der Waals surface area (Å²) in [5, 5.41) is 9.09. The Morgan fingerprint density at radius 2 is 2.16 bits per heavy atom. The SMILES string of the molecule is Cc1c(C(=O)N2CCN(C)[C@@H](CCO)C2)ccn1C. The Morgan fingerprint density at radius 1 is 1.42 bits per heavy atom. The quantitative estimate of drug-likeness (QED) is 0.864. The van der Waals surface area contributed by atoms with Gasteiger partial charge in [0.05, 0.1) is 5.56 Å². The first kappa shape index (κ1) is 14.1. The standard InChI is InChI=1S/C14H23N3O2/c1-11-13(4-6-15(11)2)14(19)17-8-7-16(3)12(10-17)5-9-18/h4,6,12,18H,5,7-10H2,1-3H3/t12-/m0/s1. The predicted molar refractivity (Wildman–Crippen MR) is 74.2 cm³/mol. The molecule has 106 valence electrons. The lowest BCUT2D eigenvalue weighted by molar-refractivity contribution is 0.0500. The van der Waals surface area contributed by atoms with Crippen LogP contribution >= 0.6 is 0 Å². The van der Waals surface area contributed by atoms with Gasteiger partial charge < -0.3 is 14.6 Å². The molecular formula is C14H23N3O2. The molecule has 1 saturated heterocycles. The molecule has 1 aliphatic heterocycles. The second-order valence-corrected chi connectivity index (χ2v) is 5.32. The lowest BCUT2D eigenvalue weighted by atomic mass is 10.1. The van der Waals surface area contributed by atoms with Crippen molar-refractivity contribution in [2.45, 2.75) is 19.4 Å². The summed E-state index contributed by atoms with van der Waals surface area (Å²) < 4.78 is 1.97. The van der Waals surface area contributed by atoms with Crippen molar-refractivity contribution < 1.29 is 9.90 Å². The summed E-state index contributed by atoms with van der Waals surface area (Å²) in [6.07, 6.45) is 2.64. The molecule has 1 aromatic heterocycles. The molecule has 0 unspecified atom stereocenters. The van der Waals surface area contributed by atoms with Gasteiger partial charge >= 0.3 is 0 Å². The van der Waals surface area contributed by atoms with Crippen molar-refractivity contribution in [3.63, 3.8) is 0 Å². The topological polar surface area (TPSA) is 48.7 Å². The van der Waals surface area contributed by atoms with Gasteiger partial charge in [0.1, 0.15) is 0 Å². The Kier molecular flexibility index (Phi) is 4.27. The van der Waals surface area contributed by atoms with Crippen molar-refractivity contribution in [3.8, 4) is 0 Å². The molecular weight excluding hydrogens is 242 g/mol. The Balaban J connectivity index is 2.09. The molecule has 1 amide bonds. The second-order valence-electron chi connectivity index (χ2n) is 5.32. The van der Waals surface area contributed by atoms with Crippen molar-refractivity contribution in [3.05, 3.63) is 23.5 Å². The number of piperazine rings is 1. The molecule has 0 aliphatic carbocycles. The number of carbonyl (C=O) groups excluding carboxylic acids is 1. The molecule has 1 N–H and O–H groups in total. The van der Waals surface area contributed by atoms with Crippen LogP contribution in [0.1, 0.15) is 22.5 Å². The van der Waals surface area contributed by atoms with Crippen LogP contribution in [-0.4, -0.2) is 64.7 Å². The number of aliphatic hydroxyl groups excluding tert-OH is 1. The maximum Gasteiger partial charge on any atom is 0.255 e. The van der Waals surface area contributed by atoms with E-state index in [4.69, 9.17) is 5.11 Å². The number of aryl methyl sites for hydroxylation is 1. The highest BCUT2D eigenvalue weighted by molar-refractivity contribution is 5.95. The number of rotatable bonds is 3. The second kappa shape index (κ2) is 5.75. The summed E-state index contributed by atoms with van der Waals surface area (Å²) in [6.45, 7) is 4.45. The van der Waals surface area contributed by atoms with E-state index in [0.717, 1.165) is 24.3 Å². The zero-order valence-corrected chi connectivity index (χ0v) is 12.0. The molecule has 1 aromatic rings. The highest BCUT2D eigenvalue weighted by atomic mass is 16.3. The number of hydrogen-bond donors (Lipinski definition) is 1. The first-order chi connectivity index (χ1) is 9.04. The van der Waals surface area contributed by atoms with Gasteiger partial charge in [-0.2, -0.15) is 0 Å². The van der Waals surface area contributed by atoms with E-state index in [9.17, 15) is 4.79 Å². The monoisotopic (exact) mass is 265 g/mol. The summed E-state index contributed by atoms with van der Waals surface area (Å²) >= 11 is 0.